The van der Waals surface area contributed by atoms with Crippen molar-refractivity contribution in [3.8, 4) is 0 Å². The van der Waals surface area contributed by atoms with Crippen LogP contribution in [0.5, 0.6) is 0 Å². The molecule has 3 saturated heterocycles. The van der Waals surface area contributed by atoms with Gasteiger partial charge in [-0.05, 0) is 37.6 Å². The van der Waals surface area contributed by atoms with Gasteiger partial charge < -0.3 is 9.64 Å². The first-order valence-corrected chi connectivity index (χ1v) is 10.1. The first-order valence-electron chi connectivity index (χ1n) is 8.65. The predicted octanol–water partition coefficient (Wildman–Crippen LogP) is 1.22. The first-order chi connectivity index (χ1) is 12.9. The second-order valence-corrected chi connectivity index (χ2v) is 8.66. The van der Waals surface area contributed by atoms with Gasteiger partial charge in [0.15, 0.2) is 0 Å². The molecule has 5 rings (SSSR count). The molecule has 142 valence electrons. The van der Waals surface area contributed by atoms with Crippen molar-refractivity contribution in [2.24, 2.45) is 0 Å². The summed E-state index contributed by atoms with van der Waals surface area (Å²) in [6, 6.07) is 7.63. The highest BCUT2D eigenvalue weighted by atomic mass is 32.2. The number of hydrogen-bond acceptors (Lipinski definition) is 7. The van der Waals surface area contributed by atoms with E-state index < -0.39 is 16.0 Å². The van der Waals surface area contributed by atoms with Gasteiger partial charge in [-0.2, -0.15) is 4.31 Å². The Kier molecular flexibility index (Phi) is 4.35. The van der Waals surface area contributed by atoms with Crippen molar-refractivity contribution in [1.82, 2.24) is 14.3 Å². The van der Waals surface area contributed by atoms with Gasteiger partial charge in [0.25, 0.3) is 0 Å². The largest absolute Gasteiger partial charge is 0.465 e. The minimum Gasteiger partial charge on any atom is -0.465 e. The molecule has 8 nitrogen and oxygen atoms in total. The summed E-state index contributed by atoms with van der Waals surface area (Å²) < 4.78 is 32.3. The van der Waals surface area contributed by atoms with E-state index in [1.54, 1.807) is 4.31 Å². The normalized spacial score (nSPS) is 22.2. The molecule has 2 unspecified atom stereocenters. The number of aromatic nitrogens is 2. The zero-order chi connectivity index (χ0) is 19.2. The second-order valence-electron chi connectivity index (χ2n) is 6.82. The Hall–Kier alpha value is -2.52. The lowest BCUT2D eigenvalue weighted by Crippen LogP contribution is -2.70. The number of anilines is 1. The van der Waals surface area contributed by atoms with Gasteiger partial charge in [0.05, 0.1) is 17.6 Å². The molecular weight excluding hydrogens is 368 g/mol. The molecule has 0 spiro atoms. The van der Waals surface area contributed by atoms with Crippen molar-refractivity contribution in [2.45, 2.75) is 30.3 Å². The van der Waals surface area contributed by atoms with Gasteiger partial charge in [0.2, 0.25) is 10.0 Å². The van der Waals surface area contributed by atoms with Gasteiger partial charge in [0, 0.05) is 36.9 Å². The van der Waals surface area contributed by atoms with Crippen LogP contribution < -0.4 is 4.90 Å². The summed E-state index contributed by atoms with van der Waals surface area (Å²) in [5.74, 6) is 0.340. The molecule has 9 heteroatoms. The van der Waals surface area contributed by atoms with E-state index in [1.807, 2.05) is 13.0 Å². The van der Waals surface area contributed by atoms with Crippen molar-refractivity contribution in [2.75, 3.05) is 25.1 Å². The van der Waals surface area contributed by atoms with Crippen LogP contribution in [0.2, 0.25) is 0 Å². The molecule has 0 N–H and O–H groups in total. The van der Waals surface area contributed by atoms with Crippen LogP contribution >= 0.6 is 0 Å². The number of rotatable bonds is 4. The van der Waals surface area contributed by atoms with Crippen LogP contribution in [0.15, 0.2) is 41.6 Å². The summed E-state index contributed by atoms with van der Waals surface area (Å²) in [4.78, 5) is 22.2. The maximum absolute atomic E-state index is 13.0. The molecule has 0 saturated carbocycles. The Labute approximate surface area is 157 Å². The number of benzene rings is 1. The van der Waals surface area contributed by atoms with Crippen LogP contribution in [0.1, 0.15) is 22.5 Å². The molecule has 0 radical (unpaired) electrons. The van der Waals surface area contributed by atoms with Crippen LogP contribution in [0.3, 0.4) is 0 Å². The predicted molar refractivity (Wildman–Crippen MR) is 98.0 cm³/mol. The molecule has 2 atom stereocenters. The number of sulfonamides is 1. The highest BCUT2D eigenvalue weighted by Crippen LogP contribution is 2.38. The number of piperazine rings is 1. The lowest BCUT2D eigenvalue weighted by Gasteiger charge is -2.55. The average molecular weight is 388 g/mol. The number of piperidine rings is 1. The van der Waals surface area contributed by atoms with Crippen LogP contribution in [-0.2, 0) is 14.8 Å². The van der Waals surface area contributed by atoms with Crippen LogP contribution in [-0.4, -0.2) is 60.9 Å². The van der Waals surface area contributed by atoms with E-state index in [0.29, 0.717) is 18.7 Å². The Morgan fingerprint density at radius 2 is 1.81 bits per heavy atom. The molecule has 2 aromatic rings. The fraction of sp³-hybridized carbons (Fsp3) is 0.389. The van der Waals surface area contributed by atoms with Crippen molar-refractivity contribution in [3.05, 3.63) is 47.9 Å². The molecule has 3 aliphatic rings. The molecule has 4 heterocycles. The van der Waals surface area contributed by atoms with E-state index in [1.165, 1.54) is 37.7 Å². The van der Waals surface area contributed by atoms with E-state index in [9.17, 15) is 13.2 Å². The number of aryl methyl sites for hydroxylation is 1. The summed E-state index contributed by atoms with van der Waals surface area (Å²) in [5, 5.41) is 0. The maximum atomic E-state index is 13.0. The number of carbonyl (C=O) groups excluding carboxylic acids is 1. The molecule has 3 aliphatic heterocycles. The van der Waals surface area contributed by atoms with Crippen molar-refractivity contribution in [1.29, 1.82) is 0 Å². The Morgan fingerprint density at radius 3 is 2.41 bits per heavy atom. The molecular formula is C18H20N4O4S. The fourth-order valence-electron chi connectivity index (χ4n) is 3.77. The summed E-state index contributed by atoms with van der Waals surface area (Å²) in [6.07, 6.45) is 2.38. The van der Waals surface area contributed by atoms with E-state index in [4.69, 9.17) is 0 Å². The fourth-order valence-corrected chi connectivity index (χ4v) is 5.58. The van der Waals surface area contributed by atoms with Crippen LogP contribution in [0, 0.1) is 6.92 Å². The van der Waals surface area contributed by atoms with Crippen LogP contribution in [0.25, 0.3) is 0 Å². The van der Waals surface area contributed by atoms with Gasteiger partial charge in [-0.1, -0.05) is 0 Å². The number of methoxy groups -OCH3 is 1. The lowest BCUT2D eigenvalue weighted by molar-refractivity contribution is 0.0600. The van der Waals surface area contributed by atoms with E-state index in [2.05, 4.69) is 19.6 Å². The third kappa shape index (κ3) is 3.06. The summed E-state index contributed by atoms with van der Waals surface area (Å²) in [7, 11) is -2.31. The molecule has 0 amide bonds. The van der Waals surface area contributed by atoms with E-state index in [0.717, 1.165) is 17.9 Å². The summed E-state index contributed by atoms with van der Waals surface area (Å²) >= 11 is 0. The topological polar surface area (TPSA) is 92.7 Å². The molecule has 27 heavy (non-hydrogen) atoms. The van der Waals surface area contributed by atoms with E-state index in [-0.39, 0.29) is 17.0 Å². The lowest BCUT2D eigenvalue weighted by atomic mass is 9.91. The minimum atomic E-state index is -3.60. The standard InChI is InChI=1S/C18H20N4O4S/c1-12-7-17(20-11-19-12)21-9-14-8-15(10-21)22(14)27(24,25)16-5-3-13(4-6-16)18(23)26-2/h3-7,11,14-15H,8-10H2,1-2H3. The number of fused-ring (bicyclic) bond motifs is 2. The zero-order valence-electron chi connectivity index (χ0n) is 15.1. The quantitative estimate of drug-likeness (QED) is 0.727. The summed E-state index contributed by atoms with van der Waals surface area (Å²) in [5.41, 5.74) is 1.21. The Morgan fingerprint density at radius 1 is 1.15 bits per heavy atom. The van der Waals surface area contributed by atoms with Crippen molar-refractivity contribution >= 4 is 21.8 Å². The Bertz CT molecular complexity index is 965. The Balaban J connectivity index is 1.52. The number of hydrogen-bond donors (Lipinski definition) is 0. The molecule has 3 fully saturated rings. The third-order valence-corrected chi connectivity index (χ3v) is 7.11. The van der Waals surface area contributed by atoms with Crippen LogP contribution in [0.4, 0.5) is 5.82 Å². The molecule has 2 bridgehead atoms. The smallest absolute Gasteiger partial charge is 0.337 e. The highest BCUT2D eigenvalue weighted by molar-refractivity contribution is 7.89. The maximum Gasteiger partial charge on any atom is 0.337 e. The molecule has 0 aliphatic carbocycles. The molecule has 1 aromatic heterocycles. The zero-order valence-corrected chi connectivity index (χ0v) is 15.9. The van der Waals surface area contributed by atoms with Gasteiger partial charge >= 0.3 is 5.97 Å². The first kappa shape index (κ1) is 17.9. The SMILES string of the molecule is COC(=O)c1ccc(S(=O)(=O)N2C3CC2CN(c2cc(C)ncn2)C3)cc1. The number of nitrogens with zero attached hydrogens (tertiary/aromatic N) is 4. The average Bonchev–Trinajstić information content (AvgIpc) is 2.67. The number of carbonyl (C=O) groups is 1. The highest BCUT2D eigenvalue weighted by Gasteiger charge is 2.51. The van der Waals surface area contributed by atoms with Gasteiger partial charge in [0.1, 0.15) is 12.1 Å². The second kappa shape index (κ2) is 6.58. The van der Waals surface area contributed by atoms with E-state index >= 15 is 0 Å². The number of ether oxygens (including phenoxy) is 1. The molecule has 1 aromatic carbocycles. The number of esters is 1. The van der Waals surface area contributed by atoms with Crippen molar-refractivity contribution in [3.63, 3.8) is 0 Å². The van der Waals surface area contributed by atoms with Gasteiger partial charge in [-0.15, -0.1) is 0 Å². The minimum absolute atomic E-state index is 0.0793. The van der Waals surface area contributed by atoms with Gasteiger partial charge in [-0.3, -0.25) is 0 Å². The third-order valence-electron chi connectivity index (χ3n) is 5.09. The monoisotopic (exact) mass is 388 g/mol. The van der Waals surface area contributed by atoms with Gasteiger partial charge in [-0.25, -0.2) is 23.2 Å². The van der Waals surface area contributed by atoms with Crippen molar-refractivity contribution < 1.29 is 17.9 Å². The summed E-state index contributed by atoms with van der Waals surface area (Å²) in [6.45, 7) is 3.11.